The van der Waals surface area contributed by atoms with Crippen molar-refractivity contribution < 1.29 is 43.0 Å². The van der Waals surface area contributed by atoms with E-state index in [1.807, 2.05) is 0 Å². The van der Waals surface area contributed by atoms with Gasteiger partial charge in [0.1, 0.15) is 12.2 Å². The third-order valence-electron chi connectivity index (χ3n) is 8.09. The van der Waals surface area contributed by atoms with Crippen molar-refractivity contribution >= 4 is 13.8 Å². The second kappa shape index (κ2) is 35.8. The van der Waals surface area contributed by atoms with Gasteiger partial charge in [-0.3, -0.25) is 13.8 Å². The second-order valence-corrected chi connectivity index (χ2v) is 14.4. The van der Waals surface area contributed by atoms with Crippen molar-refractivity contribution in [2.45, 2.75) is 180 Å². The van der Waals surface area contributed by atoms with E-state index in [0.717, 1.165) is 70.6 Å². The fraction of sp³-hybridized carbons (Fsp3) is 0.868. The van der Waals surface area contributed by atoms with Crippen molar-refractivity contribution in [2.75, 3.05) is 33.0 Å². The van der Waals surface area contributed by atoms with E-state index in [-0.39, 0.29) is 19.6 Å². The van der Waals surface area contributed by atoms with Gasteiger partial charge in [0.2, 0.25) is 0 Å². The largest absolute Gasteiger partial charge is 0.472 e. The van der Waals surface area contributed by atoms with E-state index in [0.29, 0.717) is 6.61 Å². The van der Waals surface area contributed by atoms with E-state index in [2.05, 4.69) is 38.2 Å². The highest BCUT2D eigenvalue weighted by atomic mass is 31.2. The Bertz CT molecular complexity index is 805. The van der Waals surface area contributed by atoms with Gasteiger partial charge in [0.05, 0.1) is 26.4 Å². The van der Waals surface area contributed by atoms with Gasteiger partial charge in [0.25, 0.3) is 0 Å². The molecule has 0 bridgehead atoms. The van der Waals surface area contributed by atoms with Crippen LogP contribution in [0.25, 0.3) is 0 Å². The number of allylic oxidation sites excluding steroid dienone is 4. The number of phosphoric acid groups is 1. The number of hydrogen-bond donors (Lipinski definition) is 3. The number of hydrogen-bond acceptors (Lipinski definition) is 8. The number of rotatable bonds is 37. The van der Waals surface area contributed by atoms with E-state index in [1.165, 1.54) is 77.0 Å². The lowest BCUT2D eigenvalue weighted by Crippen LogP contribution is -2.29. The van der Waals surface area contributed by atoms with Gasteiger partial charge in [-0.25, -0.2) is 4.57 Å². The monoisotopic (exact) mass is 704 g/mol. The number of ether oxygens (including phenoxy) is 2. The molecular formula is C38H73O9P. The Balaban J connectivity index is 4.23. The molecule has 0 spiro atoms. The summed E-state index contributed by atoms with van der Waals surface area (Å²) in [6, 6.07) is 0. The molecule has 0 aliphatic carbocycles. The molecule has 0 fully saturated rings. The van der Waals surface area contributed by atoms with Crippen molar-refractivity contribution in [1.82, 2.24) is 0 Å². The SMILES string of the molecule is CCC/C=C\CCCCCCCCOCC(COP(=O)(O)OCC(O)CO)OC(=O)CCCCCCC/C=C\CCCCCCCCC. The highest BCUT2D eigenvalue weighted by Crippen LogP contribution is 2.43. The molecule has 3 N–H and O–H groups in total. The normalized spacial score (nSPS) is 14.5. The number of carbonyl (C=O) groups is 1. The minimum atomic E-state index is -4.51. The molecule has 0 saturated carbocycles. The number of unbranched alkanes of at least 4 members (excludes halogenated alkanes) is 19. The number of carbonyl (C=O) groups excluding carboxylic acids is 1. The zero-order chi connectivity index (χ0) is 35.4. The van der Waals surface area contributed by atoms with E-state index in [1.54, 1.807) is 0 Å². The van der Waals surface area contributed by atoms with Gasteiger partial charge in [0.15, 0.2) is 0 Å². The third kappa shape index (κ3) is 34.8. The number of phosphoric ester groups is 1. The molecule has 9 nitrogen and oxygen atoms in total. The van der Waals surface area contributed by atoms with Crippen LogP contribution >= 0.6 is 7.82 Å². The van der Waals surface area contributed by atoms with Crippen molar-refractivity contribution in [3.8, 4) is 0 Å². The maximum Gasteiger partial charge on any atom is 0.472 e. The molecule has 0 amide bonds. The minimum absolute atomic E-state index is 0.0432. The molecule has 0 saturated heterocycles. The number of aliphatic hydroxyl groups excluding tert-OH is 2. The fourth-order valence-electron chi connectivity index (χ4n) is 5.12. The molecule has 10 heteroatoms. The molecular weight excluding hydrogens is 631 g/mol. The van der Waals surface area contributed by atoms with Gasteiger partial charge >= 0.3 is 13.8 Å². The van der Waals surface area contributed by atoms with Crippen LogP contribution in [0.1, 0.15) is 168 Å². The molecule has 0 aromatic heterocycles. The standard InChI is InChI=1S/C38H73O9P/c1-3-5-7-9-11-13-15-16-17-18-19-20-22-24-26-28-30-38(41)47-37(35-46-48(42,43)45-33-36(40)32-39)34-44-31-29-27-25-23-21-14-12-10-8-6-4-2/h8,10,17-18,36-37,39-40H,3-7,9,11-16,19-35H2,1-2H3,(H,42,43)/b10-8-,18-17-. The zero-order valence-electron chi connectivity index (χ0n) is 30.7. The van der Waals surface area contributed by atoms with Gasteiger partial charge in [-0.2, -0.15) is 0 Å². The molecule has 0 aliphatic rings. The molecule has 3 atom stereocenters. The van der Waals surface area contributed by atoms with Crippen LogP contribution in [0.3, 0.4) is 0 Å². The quantitative estimate of drug-likeness (QED) is 0.0250. The van der Waals surface area contributed by atoms with Gasteiger partial charge in [-0.05, 0) is 57.8 Å². The molecule has 0 aromatic rings. The lowest BCUT2D eigenvalue weighted by Gasteiger charge is -2.20. The van der Waals surface area contributed by atoms with Crippen molar-refractivity contribution in [1.29, 1.82) is 0 Å². The summed E-state index contributed by atoms with van der Waals surface area (Å²) in [5, 5.41) is 18.3. The highest BCUT2D eigenvalue weighted by molar-refractivity contribution is 7.47. The summed E-state index contributed by atoms with van der Waals surface area (Å²) in [4.78, 5) is 22.5. The molecule has 0 aliphatic heterocycles. The van der Waals surface area contributed by atoms with Crippen LogP contribution in [0.2, 0.25) is 0 Å². The van der Waals surface area contributed by atoms with Crippen molar-refractivity contribution in [3.63, 3.8) is 0 Å². The van der Waals surface area contributed by atoms with Gasteiger partial charge in [-0.1, -0.05) is 128 Å². The Kier molecular flexibility index (Phi) is 35.0. The van der Waals surface area contributed by atoms with Crippen molar-refractivity contribution in [2.24, 2.45) is 0 Å². The topological polar surface area (TPSA) is 132 Å². The minimum Gasteiger partial charge on any atom is -0.457 e. The van der Waals surface area contributed by atoms with Crippen LogP contribution in [0.4, 0.5) is 0 Å². The number of aliphatic hydroxyl groups is 2. The lowest BCUT2D eigenvalue weighted by molar-refractivity contribution is -0.154. The highest BCUT2D eigenvalue weighted by Gasteiger charge is 2.26. The Morgan fingerprint density at radius 2 is 1.10 bits per heavy atom. The summed E-state index contributed by atoms with van der Waals surface area (Å²) in [5.74, 6) is -0.394. The molecule has 3 unspecified atom stereocenters. The first-order chi connectivity index (χ1) is 23.3. The van der Waals surface area contributed by atoms with Gasteiger partial charge < -0.3 is 24.6 Å². The summed E-state index contributed by atoms with van der Waals surface area (Å²) in [7, 11) is -4.51. The summed E-state index contributed by atoms with van der Waals surface area (Å²) in [5.41, 5.74) is 0. The van der Waals surface area contributed by atoms with Crippen LogP contribution in [-0.2, 0) is 27.9 Å². The third-order valence-corrected chi connectivity index (χ3v) is 9.04. The Morgan fingerprint density at radius 3 is 1.65 bits per heavy atom. The summed E-state index contributed by atoms with van der Waals surface area (Å²) >= 11 is 0. The van der Waals surface area contributed by atoms with Crippen molar-refractivity contribution in [3.05, 3.63) is 24.3 Å². The molecule has 284 valence electrons. The Morgan fingerprint density at radius 1 is 0.625 bits per heavy atom. The number of esters is 1. The van der Waals surface area contributed by atoms with E-state index in [9.17, 15) is 19.4 Å². The summed E-state index contributed by atoms with van der Waals surface area (Å²) in [6.07, 6.45) is 34.2. The van der Waals surface area contributed by atoms with Gasteiger partial charge in [0, 0.05) is 13.0 Å². The molecule has 48 heavy (non-hydrogen) atoms. The fourth-order valence-corrected chi connectivity index (χ4v) is 5.91. The molecule has 0 rings (SSSR count). The maximum absolute atomic E-state index is 12.5. The predicted octanol–water partition coefficient (Wildman–Crippen LogP) is 9.92. The first-order valence-corrected chi connectivity index (χ1v) is 20.8. The van der Waals surface area contributed by atoms with Gasteiger partial charge in [-0.15, -0.1) is 0 Å². The van der Waals surface area contributed by atoms with Crippen LogP contribution in [0.5, 0.6) is 0 Å². The van der Waals surface area contributed by atoms with Crippen LogP contribution < -0.4 is 0 Å². The average molecular weight is 705 g/mol. The summed E-state index contributed by atoms with van der Waals surface area (Å²) < 4.78 is 33.2. The van der Waals surface area contributed by atoms with Crippen LogP contribution in [0, 0.1) is 0 Å². The molecule has 0 radical (unpaired) electrons. The van der Waals surface area contributed by atoms with E-state index in [4.69, 9.17) is 23.6 Å². The lowest BCUT2D eigenvalue weighted by atomic mass is 10.1. The predicted molar refractivity (Wildman–Crippen MR) is 196 cm³/mol. The first-order valence-electron chi connectivity index (χ1n) is 19.3. The Hall–Kier alpha value is -1.06. The first kappa shape index (κ1) is 46.9. The zero-order valence-corrected chi connectivity index (χ0v) is 31.6. The summed E-state index contributed by atoms with van der Waals surface area (Å²) in [6.45, 7) is 3.43. The maximum atomic E-state index is 12.5. The molecule has 0 aromatic carbocycles. The second-order valence-electron chi connectivity index (χ2n) is 12.9. The molecule has 0 heterocycles. The van der Waals surface area contributed by atoms with Crippen LogP contribution in [-0.4, -0.2) is 66.3 Å². The average Bonchev–Trinajstić information content (AvgIpc) is 3.07. The van der Waals surface area contributed by atoms with Crippen LogP contribution in [0.15, 0.2) is 24.3 Å². The van der Waals surface area contributed by atoms with E-state index >= 15 is 0 Å². The Labute approximate surface area is 293 Å². The smallest absolute Gasteiger partial charge is 0.457 e. The van der Waals surface area contributed by atoms with E-state index < -0.39 is 39.2 Å².